The lowest BCUT2D eigenvalue weighted by molar-refractivity contribution is -0.192. The normalized spacial score (nSPS) is 14.2. The van der Waals surface area contributed by atoms with Gasteiger partial charge >= 0.3 is 12.1 Å². The molecule has 0 bridgehead atoms. The van der Waals surface area contributed by atoms with Gasteiger partial charge in [0, 0.05) is 18.3 Å². The number of carbonyl (C=O) groups is 1. The van der Waals surface area contributed by atoms with Gasteiger partial charge in [0.05, 0.1) is 0 Å². The van der Waals surface area contributed by atoms with Crippen LogP contribution in [0, 0.1) is 0 Å². The minimum atomic E-state index is -5.08. The van der Waals surface area contributed by atoms with E-state index in [2.05, 4.69) is 10.3 Å². The molecule has 3 N–H and O–H groups in total. The van der Waals surface area contributed by atoms with E-state index >= 15 is 0 Å². The van der Waals surface area contributed by atoms with E-state index in [1.807, 2.05) is 6.07 Å². The fraction of sp³-hybridized carbons (Fsp3) is 0.400. The molecule has 0 spiro atoms. The molecule has 0 saturated heterocycles. The minimum absolute atomic E-state index is 0.00699. The van der Waals surface area contributed by atoms with Gasteiger partial charge in [0.25, 0.3) is 0 Å². The monoisotopic (exact) mass is 264 g/mol. The summed E-state index contributed by atoms with van der Waals surface area (Å²) in [6.07, 6.45) is -4.06. The number of fused-ring (bicyclic) bond motifs is 1. The zero-order valence-corrected chi connectivity index (χ0v) is 9.17. The van der Waals surface area contributed by atoms with Crippen molar-refractivity contribution < 1.29 is 23.1 Å². The molecule has 0 amide bonds. The number of aromatic amines is 1. The Kier molecular flexibility index (Phi) is 4.49. The van der Waals surface area contributed by atoms with Gasteiger partial charge in [-0.2, -0.15) is 13.2 Å². The van der Waals surface area contributed by atoms with Gasteiger partial charge < -0.3 is 15.4 Å². The molecule has 2 heterocycles. The number of carboxylic acids is 1. The van der Waals surface area contributed by atoms with Crippen molar-refractivity contribution in [3.63, 3.8) is 0 Å². The van der Waals surface area contributed by atoms with Crippen LogP contribution in [0.4, 0.5) is 13.2 Å². The Bertz CT molecular complexity index is 482. The number of halogens is 3. The van der Waals surface area contributed by atoms with Crippen LogP contribution < -0.4 is 10.9 Å². The average Bonchev–Trinajstić information content (AvgIpc) is 2.28. The van der Waals surface area contributed by atoms with Crippen molar-refractivity contribution in [2.75, 3.05) is 6.54 Å². The van der Waals surface area contributed by atoms with Crippen molar-refractivity contribution in [3.8, 4) is 0 Å². The maximum atomic E-state index is 10.9. The zero-order chi connectivity index (χ0) is 13.8. The second-order valence-electron chi connectivity index (χ2n) is 3.56. The molecular formula is C10H11F3N2O3. The van der Waals surface area contributed by atoms with Gasteiger partial charge in [-0.1, -0.05) is 6.07 Å². The lowest BCUT2D eigenvalue weighted by atomic mass is 10.1. The molecule has 1 aliphatic heterocycles. The number of alkyl halides is 3. The second kappa shape index (κ2) is 5.67. The fourth-order valence-corrected chi connectivity index (χ4v) is 1.38. The number of hydrogen-bond donors (Lipinski definition) is 3. The first-order chi connectivity index (χ1) is 8.30. The first-order valence-corrected chi connectivity index (χ1v) is 5.02. The van der Waals surface area contributed by atoms with Gasteiger partial charge in [-0.15, -0.1) is 0 Å². The summed E-state index contributed by atoms with van der Waals surface area (Å²) in [4.78, 5) is 22.6. The number of carboxylic acid groups (broad SMARTS) is 1. The van der Waals surface area contributed by atoms with Gasteiger partial charge in [-0.3, -0.25) is 4.79 Å². The molecule has 0 aliphatic carbocycles. The van der Waals surface area contributed by atoms with Crippen molar-refractivity contribution in [3.05, 3.63) is 33.7 Å². The summed E-state index contributed by atoms with van der Waals surface area (Å²) in [6, 6.07) is 3.50. The molecule has 1 aromatic rings. The van der Waals surface area contributed by atoms with E-state index in [0.29, 0.717) is 0 Å². The summed E-state index contributed by atoms with van der Waals surface area (Å²) in [5.41, 5.74) is 2.31. The number of hydrogen-bond acceptors (Lipinski definition) is 3. The van der Waals surface area contributed by atoms with Crippen molar-refractivity contribution in [2.45, 2.75) is 19.1 Å². The Morgan fingerprint density at radius 1 is 1.33 bits per heavy atom. The lowest BCUT2D eigenvalue weighted by Crippen LogP contribution is -2.26. The third-order valence-electron chi connectivity index (χ3n) is 2.21. The van der Waals surface area contributed by atoms with Gasteiger partial charge in [-0.05, 0) is 18.5 Å². The highest BCUT2D eigenvalue weighted by Gasteiger charge is 2.38. The van der Waals surface area contributed by atoms with E-state index in [1.54, 1.807) is 6.07 Å². The second-order valence-corrected chi connectivity index (χ2v) is 3.56. The fourth-order valence-electron chi connectivity index (χ4n) is 1.38. The molecule has 0 saturated carbocycles. The van der Waals surface area contributed by atoms with Crippen LogP contribution in [-0.4, -0.2) is 28.8 Å². The third-order valence-corrected chi connectivity index (χ3v) is 2.21. The summed E-state index contributed by atoms with van der Waals surface area (Å²) in [5.74, 6) is -2.76. The zero-order valence-electron chi connectivity index (χ0n) is 9.17. The van der Waals surface area contributed by atoms with Crippen LogP contribution in [-0.2, 0) is 17.8 Å². The maximum absolute atomic E-state index is 10.9. The number of aromatic nitrogens is 1. The van der Waals surface area contributed by atoms with Crippen LogP contribution in [0.1, 0.15) is 11.3 Å². The molecule has 0 atom stereocenters. The molecule has 1 aromatic heterocycles. The van der Waals surface area contributed by atoms with E-state index in [1.165, 1.54) is 5.56 Å². The van der Waals surface area contributed by atoms with Gasteiger partial charge in [0.2, 0.25) is 5.56 Å². The van der Waals surface area contributed by atoms with Crippen LogP contribution in [0.3, 0.4) is 0 Å². The molecule has 5 nitrogen and oxygen atoms in total. The Balaban J connectivity index is 0.000000203. The number of rotatable bonds is 0. The Hall–Kier alpha value is -1.83. The summed E-state index contributed by atoms with van der Waals surface area (Å²) in [6.45, 7) is 1.81. The summed E-state index contributed by atoms with van der Waals surface area (Å²) < 4.78 is 31.7. The highest BCUT2D eigenvalue weighted by molar-refractivity contribution is 5.73. The van der Waals surface area contributed by atoms with Crippen molar-refractivity contribution in [1.82, 2.24) is 10.3 Å². The molecule has 1 aliphatic rings. The summed E-state index contributed by atoms with van der Waals surface area (Å²) >= 11 is 0. The number of pyridine rings is 1. The van der Waals surface area contributed by atoms with Crippen LogP contribution in [0.15, 0.2) is 16.9 Å². The van der Waals surface area contributed by atoms with Crippen LogP contribution in [0.5, 0.6) is 0 Å². The molecule has 8 heteroatoms. The molecular weight excluding hydrogens is 253 g/mol. The molecule has 0 aromatic carbocycles. The number of nitrogens with one attached hydrogen (secondary N) is 2. The first kappa shape index (κ1) is 14.2. The average molecular weight is 264 g/mol. The Morgan fingerprint density at radius 2 is 1.94 bits per heavy atom. The first-order valence-electron chi connectivity index (χ1n) is 5.02. The molecule has 18 heavy (non-hydrogen) atoms. The Morgan fingerprint density at radius 3 is 2.50 bits per heavy atom. The Labute approximate surface area is 99.6 Å². The number of aliphatic carboxylic acids is 1. The van der Waals surface area contributed by atoms with Crippen molar-refractivity contribution >= 4 is 5.97 Å². The van der Waals surface area contributed by atoms with Crippen LogP contribution in [0.2, 0.25) is 0 Å². The van der Waals surface area contributed by atoms with E-state index < -0.39 is 12.1 Å². The predicted octanol–water partition coefficient (Wildman–Crippen LogP) is 0.654. The van der Waals surface area contributed by atoms with Gasteiger partial charge in [-0.25, -0.2) is 4.79 Å². The summed E-state index contributed by atoms with van der Waals surface area (Å²) in [5, 5.41) is 10.3. The third kappa shape index (κ3) is 4.21. The van der Waals surface area contributed by atoms with Crippen molar-refractivity contribution in [2.24, 2.45) is 0 Å². The molecule has 0 fully saturated rings. The van der Waals surface area contributed by atoms with E-state index in [4.69, 9.17) is 9.90 Å². The highest BCUT2D eigenvalue weighted by atomic mass is 19.4. The van der Waals surface area contributed by atoms with Gasteiger partial charge in [0.1, 0.15) is 0 Å². The predicted molar refractivity (Wildman–Crippen MR) is 56.2 cm³/mol. The largest absolute Gasteiger partial charge is 0.490 e. The minimum Gasteiger partial charge on any atom is -0.475 e. The van der Waals surface area contributed by atoms with E-state index in [0.717, 1.165) is 25.2 Å². The van der Waals surface area contributed by atoms with Crippen molar-refractivity contribution in [1.29, 1.82) is 0 Å². The van der Waals surface area contributed by atoms with Crippen LogP contribution >= 0.6 is 0 Å². The highest BCUT2D eigenvalue weighted by Crippen LogP contribution is 2.13. The topological polar surface area (TPSA) is 82.2 Å². The smallest absolute Gasteiger partial charge is 0.475 e. The standard InChI is InChI=1S/C8H10N2O.C2HF3O2/c11-8-2-1-6-3-4-9-5-7(6)10-8;3-2(4,5)1(6)7/h1-2,9H,3-5H2,(H,10,11);(H,6,7). The molecule has 0 radical (unpaired) electrons. The molecule has 0 unspecified atom stereocenters. The molecule has 2 rings (SSSR count). The number of H-pyrrole nitrogens is 1. The maximum Gasteiger partial charge on any atom is 0.490 e. The summed E-state index contributed by atoms with van der Waals surface area (Å²) in [7, 11) is 0. The van der Waals surface area contributed by atoms with Crippen LogP contribution in [0.25, 0.3) is 0 Å². The van der Waals surface area contributed by atoms with E-state index in [9.17, 15) is 18.0 Å². The quantitative estimate of drug-likeness (QED) is 0.642. The van der Waals surface area contributed by atoms with Gasteiger partial charge in [0.15, 0.2) is 0 Å². The van der Waals surface area contributed by atoms with E-state index in [-0.39, 0.29) is 5.56 Å². The molecule has 100 valence electrons. The SMILES string of the molecule is O=C(O)C(F)(F)F.O=c1ccc2c([nH]1)CNCC2. The lowest BCUT2D eigenvalue weighted by Gasteiger charge is -2.15.